The Labute approximate surface area is 112 Å². The van der Waals surface area contributed by atoms with Crippen LogP contribution in [0.5, 0.6) is 5.75 Å². The third-order valence-electron chi connectivity index (χ3n) is 2.71. The van der Waals surface area contributed by atoms with Crippen molar-refractivity contribution in [1.29, 1.82) is 0 Å². The second kappa shape index (κ2) is 7.42. The summed E-state index contributed by atoms with van der Waals surface area (Å²) < 4.78 is 5.71. The molecule has 0 atom stereocenters. The SMILES string of the molecule is CCCc1ccc(OCCCNC(C)(C)C)cc1. The van der Waals surface area contributed by atoms with Crippen molar-refractivity contribution in [2.24, 2.45) is 0 Å². The summed E-state index contributed by atoms with van der Waals surface area (Å²) in [4.78, 5) is 0. The van der Waals surface area contributed by atoms with E-state index in [2.05, 4.69) is 57.3 Å². The summed E-state index contributed by atoms with van der Waals surface area (Å²) in [5.41, 5.74) is 1.58. The molecule has 0 fully saturated rings. The Morgan fingerprint density at radius 2 is 1.78 bits per heavy atom. The van der Waals surface area contributed by atoms with Gasteiger partial charge >= 0.3 is 0 Å². The monoisotopic (exact) mass is 249 g/mol. The van der Waals surface area contributed by atoms with Gasteiger partial charge in [0.1, 0.15) is 5.75 Å². The van der Waals surface area contributed by atoms with Crippen LogP contribution in [0.1, 0.15) is 46.1 Å². The van der Waals surface area contributed by atoms with Gasteiger partial charge in [-0.05, 0) is 57.9 Å². The first-order chi connectivity index (χ1) is 8.51. The average molecular weight is 249 g/mol. The predicted molar refractivity (Wildman–Crippen MR) is 78.3 cm³/mol. The Bertz CT molecular complexity index is 324. The second-order valence-electron chi connectivity index (χ2n) is 5.77. The summed E-state index contributed by atoms with van der Waals surface area (Å²) in [6, 6.07) is 8.46. The molecule has 0 radical (unpaired) electrons. The first-order valence-corrected chi connectivity index (χ1v) is 6.98. The molecule has 0 aliphatic heterocycles. The van der Waals surface area contributed by atoms with E-state index in [1.807, 2.05) is 0 Å². The van der Waals surface area contributed by atoms with Crippen LogP contribution in [0.4, 0.5) is 0 Å². The van der Waals surface area contributed by atoms with Crippen LogP contribution in [0.3, 0.4) is 0 Å². The fourth-order valence-electron chi connectivity index (χ4n) is 1.77. The van der Waals surface area contributed by atoms with E-state index in [-0.39, 0.29) is 5.54 Å². The van der Waals surface area contributed by atoms with Gasteiger partial charge in [0, 0.05) is 5.54 Å². The minimum absolute atomic E-state index is 0.196. The summed E-state index contributed by atoms with van der Waals surface area (Å²) in [5, 5.41) is 3.45. The van der Waals surface area contributed by atoms with Gasteiger partial charge in [-0.1, -0.05) is 25.5 Å². The maximum absolute atomic E-state index is 5.71. The molecule has 0 spiro atoms. The summed E-state index contributed by atoms with van der Waals surface area (Å²) in [5.74, 6) is 0.977. The highest BCUT2D eigenvalue weighted by atomic mass is 16.5. The highest BCUT2D eigenvalue weighted by Gasteiger charge is 2.07. The lowest BCUT2D eigenvalue weighted by molar-refractivity contribution is 0.298. The van der Waals surface area contributed by atoms with Crippen molar-refractivity contribution in [1.82, 2.24) is 5.32 Å². The largest absolute Gasteiger partial charge is 0.494 e. The Morgan fingerprint density at radius 3 is 2.33 bits per heavy atom. The Hall–Kier alpha value is -1.02. The van der Waals surface area contributed by atoms with Crippen LogP contribution in [0.15, 0.2) is 24.3 Å². The fraction of sp³-hybridized carbons (Fsp3) is 0.625. The molecule has 18 heavy (non-hydrogen) atoms. The van der Waals surface area contributed by atoms with Crippen molar-refractivity contribution in [2.75, 3.05) is 13.2 Å². The van der Waals surface area contributed by atoms with Gasteiger partial charge in [0.25, 0.3) is 0 Å². The van der Waals surface area contributed by atoms with Crippen molar-refractivity contribution >= 4 is 0 Å². The van der Waals surface area contributed by atoms with Crippen LogP contribution in [0, 0.1) is 0 Å². The number of ether oxygens (including phenoxy) is 1. The van der Waals surface area contributed by atoms with E-state index >= 15 is 0 Å². The maximum atomic E-state index is 5.71. The van der Waals surface area contributed by atoms with Crippen molar-refractivity contribution < 1.29 is 4.74 Å². The molecular weight excluding hydrogens is 222 g/mol. The lowest BCUT2D eigenvalue weighted by Crippen LogP contribution is -2.36. The minimum Gasteiger partial charge on any atom is -0.494 e. The van der Waals surface area contributed by atoms with E-state index in [1.165, 1.54) is 12.0 Å². The Kier molecular flexibility index (Phi) is 6.20. The van der Waals surface area contributed by atoms with E-state index in [0.717, 1.165) is 31.7 Å². The summed E-state index contributed by atoms with van der Waals surface area (Å²) >= 11 is 0. The van der Waals surface area contributed by atoms with Crippen molar-refractivity contribution in [3.05, 3.63) is 29.8 Å². The Morgan fingerprint density at radius 1 is 1.11 bits per heavy atom. The molecule has 102 valence electrons. The van der Waals surface area contributed by atoms with Gasteiger partial charge in [-0.25, -0.2) is 0 Å². The third kappa shape index (κ3) is 6.65. The standard InChI is InChI=1S/C16H27NO/c1-5-7-14-8-10-15(11-9-14)18-13-6-12-17-16(2,3)4/h8-11,17H,5-7,12-13H2,1-4H3. The zero-order valence-electron chi connectivity index (χ0n) is 12.3. The summed E-state index contributed by atoms with van der Waals surface area (Å²) in [6.07, 6.45) is 3.38. The van der Waals surface area contributed by atoms with E-state index < -0.39 is 0 Å². The van der Waals surface area contributed by atoms with Crippen molar-refractivity contribution in [2.45, 2.75) is 52.5 Å². The van der Waals surface area contributed by atoms with Crippen LogP contribution in [0.2, 0.25) is 0 Å². The Balaban J connectivity index is 2.19. The maximum Gasteiger partial charge on any atom is 0.119 e. The lowest BCUT2D eigenvalue weighted by Gasteiger charge is -2.20. The molecule has 0 bridgehead atoms. The molecule has 0 aliphatic carbocycles. The molecule has 1 rings (SSSR count). The first-order valence-electron chi connectivity index (χ1n) is 6.98. The first kappa shape index (κ1) is 15.0. The van der Waals surface area contributed by atoms with E-state index in [9.17, 15) is 0 Å². The van der Waals surface area contributed by atoms with Gasteiger partial charge in [-0.2, -0.15) is 0 Å². The molecule has 0 heterocycles. The van der Waals surface area contributed by atoms with E-state index in [0.29, 0.717) is 0 Å². The summed E-state index contributed by atoms with van der Waals surface area (Å²) in [6.45, 7) is 10.5. The van der Waals surface area contributed by atoms with Gasteiger partial charge < -0.3 is 10.1 Å². The average Bonchev–Trinajstić information content (AvgIpc) is 2.30. The number of rotatable bonds is 7. The number of hydrogen-bond donors (Lipinski definition) is 1. The lowest BCUT2D eigenvalue weighted by atomic mass is 10.1. The van der Waals surface area contributed by atoms with Crippen molar-refractivity contribution in [3.8, 4) is 5.75 Å². The quantitative estimate of drug-likeness (QED) is 0.742. The fourth-order valence-corrected chi connectivity index (χ4v) is 1.77. The molecule has 0 aromatic heterocycles. The molecule has 1 aromatic rings. The van der Waals surface area contributed by atoms with Gasteiger partial charge in [0.2, 0.25) is 0 Å². The second-order valence-corrected chi connectivity index (χ2v) is 5.77. The minimum atomic E-state index is 0.196. The topological polar surface area (TPSA) is 21.3 Å². The molecule has 2 heteroatoms. The normalized spacial score (nSPS) is 11.6. The van der Waals surface area contributed by atoms with Crippen LogP contribution in [-0.4, -0.2) is 18.7 Å². The predicted octanol–water partition coefficient (Wildman–Crippen LogP) is 3.80. The van der Waals surface area contributed by atoms with Crippen LogP contribution < -0.4 is 10.1 Å². The molecular formula is C16H27NO. The zero-order chi connectivity index (χ0) is 13.4. The highest BCUT2D eigenvalue weighted by molar-refractivity contribution is 5.27. The van der Waals surface area contributed by atoms with Gasteiger partial charge in [0.05, 0.1) is 6.61 Å². The molecule has 0 aliphatic rings. The molecule has 0 unspecified atom stereocenters. The number of aryl methyl sites for hydroxylation is 1. The number of benzene rings is 1. The van der Waals surface area contributed by atoms with E-state index in [4.69, 9.17) is 4.74 Å². The van der Waals surface area contributed by atoms with Gasteiger partial charge in [-0.3, -0.25) is 0 Å². The molecule has 1 N–H and O–H groups in total. The number of hydrogen-bond acceptors (Lipinski definition) is 2. The van der Waals surface area contributed by atoms with Crippen LogP contribution >= 0.6 is 0 Å². The van der Waals surface area contributed by atoms with Crippen LogP contribution in [0.25, 0.3) is 0 Å². The third-order valence-corrected chi connectivity index (χ3v) is 2.71. The smallest absolute Gasteiger partial charge is 0.119 e. The van der Waals surface area contributed by atoms with Gasteiger partial charge in [-0.15, -0.1) is 0 Å². The molecule has 0 amide bonds. The molecule has 0 saturated carbocycles. The zero-order valence-corrected chi connectivity index (χ0v) is 12.3. The van der Waals surface area contributed by atoms with Crippen molar-refractivity contribution in [3.63, 3.8) is 0 Å². The van der Waals surface area contributed by atoms with E-state index in [1.54, 1.807) is 0 Å². The molecule has 2 nitrogen and oxygen atoms in total. The molecule has 1 aromatic carbocycles. The van der Waals surface area contributed by atoms with Gasteiger partial charge in [0.15, 0.2) is 0 Å². The van der Waals surface area contributed by atoms with Crippen LogP contribution in [-0.2, 0) is 6.42 Å². The number of nitrogens with one attached hydrogen (secondary N) is 1. The summed E-state index contributed by atoms with van der Waals surface area (Å²) in [7, 11) is 0. The molecule has 0 saturated heterocycles. The highest BCUT2D eigenvalue weighted by Crippen LogP contribution is 2.13.